The third kappa shape index (κ3) is 4.37. The zero-order valence-corrected chi connectivity index (χ0v) is 13.9. The highest BCUT2D eigenvalue weighted by Crippen LogP contribution is 2.27. The standard InChI is InChI=1S/C14H12ClF3N2O3S/c1-20(8-9-3-2-4-10(15)5-9)24(21,22)12-6-11(16)7-19-13(12)23-14(17)18/h2-7,14H,8H2,1H3. The van der Waals surface area contributed by atoms with E-state index in [1.807, 2.05) is 0 Å². The lowest BCUT2D eigenvalue weighted by Gasteiger charge is -2.19. The van der Waals surface area contributed by atoms with Crippen molar-refractivity contribution in [2.45, 2.75) is 18.1 Å². The second-order valence-electron chi connectivity index (χ2n) is 4.73. The quantitative estimate of drug-likeness (QED) is 0.771. The molecule has 5 nitrogen and oxygen atoms in total. The Balaban J connectivity index is 2.37. The lowest BCUT2D eigenvalue weighted by Crippen LogP contribution is -2.27. The molecule has 0 spiro atoms. The average molecular weight is 381 g/mol. The van der Waals surface area contributed by atoms with Crippen molar-refractivity contribution in [2.75, 3.05) is 7.05 Å². The smallest absolute Gasteiger partial charge is 0.388 e. The van der Waals surface area contributed by atoms with Gasteiger partial charge in [-0.2, -0.15) is 13.1 Å². The molecule has 0 N–H and O–H groups in total. The maximum absolute atomic E-state index is 13.4. The number of pyridine rings is 1. The van der Waals surface area contributed by atoms with Crippen LogP contribution in [0, 0.1) is 5.82 Å². The summed E-state index contributed by atoms with van der Waals surface area (Å²) < 4.78 is 68.2. The normalized spacial score (nSPS) is 12.0. The summed E-state index contributed by atoms with van der Waals surface area (Å²) in [6.45, 7) is -3.40. The van der Waals surface area contributed by atoms with E-state index in [-0.39, 0.29) is 6.54 Å². The van der Waals surface area contributed by atoms with Crippen LogP contribution in [0.4, 0.5) is 13.2 Å². The third-order valence-corrected chi connectivity index (χ3v) is 5.00. The van der Waals surface area contributed by atoms with Crippen LogP contribution < -0.4 is 4.74 Å². The lowest BCUT2D eigenvalue weighted by atomic mass is 10.2. The zero-order chi connectivity index (χ0) is 17.9. The topological polar surface area (TPSA) is 59.5 Å². The number of hydrogen-bond acceptors (Lipinski definition) is 4. The molecule has 0 aliphatic carbocycles. The fraction of sp³-hybridized carbons (Fsp3) is 0.214. The van der Waals surface area contributed by atoms with Gasteiger partial charge in [-0.05, 0) is 17.7 Å². The molecule has 0 aliphatic rings. The minimum absolute atomic E-state index is 0.104. The fourth-order valence-corrected chi connectivity index (χ4v) is 3.36. The number of nitrogens with zero attached hydrogens (tertiary/aromatic N) is 2. The van der Waals surface area contributed by atoms with Crippen LogP contribution in [-0.2, 0) is 16.6 Å². The van der Waals surface area contributed by atoms with Crippen molar-refractivity contribution >= 4 is 21.6 Å². The molecule has 0 fully saturated rings. The van der Waals surface area contributed by atoms with E-state index < -0.39 is 33.2 Å². The van der Waals surface area contributed by atoms with Crippen molar-refractivity contribution in [3.63, 3.8) is 0 Å². The van der Waals surface area contributed by atoms with E-state index in [1.165, 1.54) is 7.05 Å². The number of halogens is 4. The highest BCUT2D eigenvalue weighted by Gasteiger charge is 2.28. The molecule has 1 aromatic heterocycles. The summed E-state index contributed by atoms with van der Waals surface area (Å²) in [5.41, 5.74) is 0.564. The summed E-state index contributed by atoms with van der Waals surface area (Å²) in [4.78, 5) is 2.50. The van der Waals surface area contributed by atoms with Gasteiger partial charge >= 0.3 is 6.61 Å². The number of hydrogen-bond donors (Lipinski definition) is 0. The molecule has 10 heteroatoms. The van der Waals surface area contributed by atoms with Crippen LogP contribution in [0.1, 0.15) is 5.56 Å². The number of ether oxygens (including phenoxy) is 1. The van der Waals surface area contributed by atoms with Crippen molar-refractivity contribution in [2.24, 2.45) is 0 Å². The predicted molar refractivity (Wildman–Crippen MR) is 80.9 cm³/mol. The molecular formula is C14H12ClF3N2O3S. The third-order valence-electron chi connectivity index (χ3n) is 2.97. The summed E-state index contributed by atoms with van der Waals surface area (Å²) >= 11 is 5.83. The molecule has 2 aromatic rings. The van der Waals surface area contributed by atoms with Gasteiger partial charge in [0.05, 0.1) is 6.20 Å². The highest BCUT2D eigenvalue weighted by molar-refractivity contribution is 7.89. The van der Waals surface area contributed by atoms with Gasteiger partial charge < -0.3 is 4.74 Å². The second-order valence-corrected chi connectivity index (χ2v) is 7.18. The van der Waals surface area contributed by atoms with Gasteiger partial charge in [0.1, 0.15) is 10.7 Å². The van der Waals surface area contributed by atoms with Crippen LogP contribution in [0.25, 0.3) is 0 Å². The van der Waals surface area contributed by atoms with Gasteiger partial charge in [-0.3, -0.25) is 0 Å². The van der Waals surface area contributed by atoms with Gasteiger partial charge in [0, 0.05) is 24.7 Å². The summed E-state index contributed by atoms with van der Waals surface area (Å²) in [6.07, 6.45) is 0.591. The van der Waals surface area contributed by atoms with Crippen LogP contribution >= 0.6 is 11.6 Å². The Morgan fingerprint density at radius 3 is 2.67 bits per heavy atom. The molecule has 0 saturated carbocycles. The van der Waals surface area contributed by atoms with Crippen molar-refractivity contribution in [3.8, 4) is 5.88 Å². The van der Waals surface area contributed by atoms with E-state index in [9.17, 15) is 21.6 Å². The van der Waals surface area contributed by atoms with Crippen molar-refractivity contribution in [3.05, 3.63) is 52.9 Å². The molecule has 130 valence electrons. The van der Waals surface area contributed by atoms with Crippen LogP contribution in [0.3, 0.4) is 0 Å². The molecule has 0 saturated heterocycles. The minimum atomic E-state index is -4.32. The molecule has 24 heavy (non-hydrogen) atoms. The molecule has 0 radical (unpaired) electrons. The second kappa shape index (κ2) is 7.37. The molecule has 0 amide bonds. The molecule has 0 aliphatic heterocycles. The largest absolute Gasteiger partial charge is 0.415 e. The summed E-state index contributed by atoms with van der Waals surface area (Å²) in [5, 5.41) is 0.410. The van der Waals surface area contributed by atoms with Gasteiger partial charge in [-0.25, -0.2) is 17.8 Å². The number of sulfonamides is 1. The Morgan fingerprint density at radius 2 is 2.04 bits per heavy atom. The minimum Gasteiger partial charge on any atom is -0.415 e. The van der Waals surface area contributed by atoms with Crippen LogP contribution in [0.5, 0.6) is 5.88 Å². The van der Waals surface area contributed by atoms with Crippen molar-refractivity contribution in [1.29, 1.82) is 0 Å². The summed E-state index contributed by atoms with van der Waals surface area (Å²) in [5.74, 6) is -1.87. The Labute approximate surface area is 141 Å². The van der Waals surface area contributed by atoms with Gasteiger partial charge in [-0.1, -0.05) is 23.7 Å². The van der Waals surface area contributed by atoms with Gasteiger partial charge in [0.25, 0.3) is 0 Å². The lowest BCUT2D eigenvalue weighted by molar-refractivity contribution is -0.0550. The number of benzene rings is 1. The first-order valence-corrected chi connectivity index (χ1v) is 8.33. The zero-order valence-electron chi connectivity index (χ0n) is 12.3. The molecule has 2 rings (SSSR count). The summed E-state index contributed by atoms with van der Waals surface area (Å²) in [7, 11) is -3.10. The molecular weight excluding hydrogens is 369 g/mol. The Bertz CT molecular complexity index is 834. The van der Waals surface area contributed by atoms with E-state index in [0.29, 0.717) is 22.8 Å². The van der Waals surface area contributed by atoms with Crippen LogP contribution in [0.15, 0.2) is 41.4 Å². The Hall–Kier alpha value is -1.84. The average Bonchev–Trinajstić information content (AvgIpc) is 2.48. The first-order chi connectivity index (χ1) is 11.2. The van der Waals surface area contributed by atoms with E-state index in [2.05, 4.69) is 9.72 Å². The molecule has 0 atom stereocenters. The molecule has 0 bridgehead atoms. The first kappa shape index (κ1) is 18.5. The van der Waals surface area contributed by atoms with Crippen LogP contribution in [-0.4, -0.2) is 31.4 Å². The van der Waals surface area contributed by atoms with Gasteiger partial charge in [0.15, 0.2) is 0 Å². The number of rotatable bonds is 6. The van der Waals surface area contributed by atoms with Crippen molar-refractivity contribution in [1.82, 2.24) is 9.29 Å². The SMILES string of the molecule is CN(Cc1cccc(Cl)c1)S(=O)(=O)c1cc(F)cnc1OC(F)F. The van der Waals surface area contributed by atoms with E-state index in [4.69, 9.17) is 11.6 Å². The highest BCUT2D eigenvalue weighted by atomic mass is 35.5. The first-order valence-electron chi connectivity index (χ1n) is 6.51. The Kier molecular flexibility index (Phi) is 5.68. The monoisotopic (exact) mass is 380 g/mol. The molecule has 0 unspecified atom stereocenters. The fourth-order valence-electron chi connectivity index (χ4n) is 1.91. The predicted octanol–water partition coefficient (Wildman–Crippen LogP) is 3.30. The Morgan fingerprint density at radius 1 is 1.33 bits per heavy atom. The maximum atomic E-state index is 13.4. The van der Waals surface area contributed by atoms with Crippen LogP contribution in [0.2, 0.25) is 5.02 Å². The molecule has 1 heterocycles. The van der Waals surface area contributed by atoms with Crippen molar-refractivity contribution < 1.29 is 26.3 Å². The maximum Gasteiger partial charge on any atom is 0.388 e. The van der Waals surface area contributed by atoms with E-state index >= 15 is 0 Å². The number of aromatic nitrogens is 1. The van der Waals surface area contributed by atoms with E-state index in [0.717, 1.165) is 4.31 Å². The number of alkyl halides is 2. The van der Waals surface area contributed by atoms with E-state index in [1.54, 1.807) is 24.3 Å². The van der Waals surface area contributed by atoms with Gasteiger partial charge in [0.2, 0.25) is 15.9 Å². The summed E-state index contributed by atoms with van der Waals surface area (Å²) in [6, 6.07) is 7.01. The van der Waals surface area contributed by atoms with Gasteiger partial charge in [-0.15, -0.1) is 0 Å². The molecule has 1 aromatic carbocycles.